The first-order chi connectivity index (χ1) is 9.13. The maximum absolute atomic E-state index is 9.98. The van der Waals surface area contributed by atoms with Gasteiger partial charge in [-0.1, -0.05) is 0 Å². The molecule has 8 nitrogen and oxygen atoms in total. The number of aliphatic hydroxyl groups excluding tert-OH is 3. The Morgan fingerprint density at radius 3 is 2.74 bits per heavy atom. The van der Waals surface area contributed by atoms with E-state index in [9.17, 15) is 10.2 Å². The number of nitrogens with zero attached hydrogens (tertiary/aromatic N) is 4. The molecular formula is C10H12N4O4Se. The molecule has 9 heteroatoms. The summed E-state index contributed by atoms with van der Waals surface area (Å²) in [6.07, 6.45) is -1.10. The van der Waals surface area contributed by atoms with Crippen LogP contribution in [-0.2, 0) is 4.74 Å². The van der Waals surface area contributed by atoms with Crippen LogP contribution in [0.25, 0.3) is 11.2 Å². The summed E-state index contributed by atoms with van der Waals surface area (Å²) in [4.78, 5) is 12.3. The zero-order valence-electron chi connectivity index (χ0n) is 9.66. The molecule has 4 unspecified atom stereocenters. The van der Waals surface area contributed by atoms with Crippen LogP contribution in [0.4, 0.5) is 0 Å². The van der Waals surface area contributed by atoms with Crippen LogP contribution in [0.5, 0.6) is 0 Å². The van der Waals surface area contributed by atoms with Gasteiger partial charge in [-0.25, -0.2) is 0 Å². The molecule has 0 bridgehead atoms. The van der Waals surface area contributed by atoms with E-state index in [2.05, 4.69) is 31.0 Å². The van der Waals surface area contributed by atoms with E-state index in [0.29, 0.717) is 15.8 Å². The van der Waals surface area contributed by atoms with Crippen molar-refractivity contribution >= 4 is 31.8 Å². The molecule has 0 radical (unpaired) electrons. The van der Waals surface area contributed by atoms with E-state index in [-0.39, 0.29) is 6.61 Å². The maximum atomic E-state index is 9.98. The first-order valence-electron chi connectivity index (χ1n) is 5.62. The van der Waals surface area contributed by atoms with Crippen molar-refractivity contribution in [2.24, 2.45) is 0 Å². The van der Waals surface area contributed by atoms with Crippen LogP contribution >= 0.6 is 0 Å². The van der Waals surface area contributed by atoms with Crippen LogP contribution in [0, 0.1) is 0 Å². The summed E-state index contributed by atoms with van der Waals surface area (Å²) in [7, 11) is 0. The first-order valence-corrected chi connectivity index (χ1v) is 6.56. The molecular weight excluding hydrogens is 319 g/mol. The van der Waals surface area contributed by atoms with Gasteiger partial charge in [0.05, 0.1) is 0 Å². The third kappa shape index (κ3) is 1.95. The molecule has 1 aliphatic rings. The second-order valence-electron chi connectivity index (χ2n) is 4.25. The van der Waals surface area contributed by atoms with Gasteiger partial charge in [-0.3, -0.25) is 0 Å². The first kappa shape index (κ1) is 12.9. The third-order valence-corrected chi connectivity index (χ3v) is 3.82. The number of aliphatic hydroxyl groups is 3. The predicted octanol–water partition coefficient (Wildman–Crippen LogP) is -3.04. The Kier molecular flexibility index (Phi) is 3.25. The van der Waals surface area contributed by atoms with Crippen molar-refractivity contribution in [1.82, 2.24) is 19.5 Å². The summed E-state index contributed by atoms with van der Waals surface area (Å²) in [6.45, 7) is -0.369. The topological polar surface area (TPSA) is 114 Å². The molecule has 0 amide bonds. The number of hydrogen-bond donors (Lipinski definition) is 3. The fraction of sp³-hybridized carbons (Fsp3) is 0.500. The summed E-state index contributed by atoms with van der Waals surface area (Å²) in [5, 5.41) is 28.8. The number of hydrogen-bond acceptors (Lipinski definition) is 7. The average Bonchev–Trinajstić information content (AvgIpc) is 2.94. The Labute approximate surface area is 115 Å². The van der Waals surface area contributed by atoms with Crippen molar-refractivity contribution in [3.05, 3.63) is 12.7 Å². The van der Waals surface area contributed by atoms with E-state index in [4.69, 9.17) is 9.84 Å². The molecule has 0 saturated carbocycles. The summed E-state index contributed by atoms with van der Waals surface area (Å²) in [6, 6.07) is 0. The second kappa shape index (κ2) is 4.78. The van der Waals surface area contributed by atoms with Crippen LogP contribution < -0.4 is 4.59 Å². The number of imidazole rings is 1. The zero-order valence-corrected chi connectivity index (χ0v) is 11.5. The van der Waals surface area contributed by atoms with Gasteiger partial charge in [0.25, 0.3) is 0 Å². The normalized spacial score (nSPS) is 31.2. The molecule has 3 rings (SSSR count). The molecule has 1 aliphatic heterocycles. The van der Waals surface area contributed by atoms with E-state index in [1.165, 1.54) is 17.2 Å². The molecule has 102 valence electrons. The zero-order chi connectivity index (χ0) is 13.6. The van der Waals surface area contributed by atoms with E-state index < -0.39 is 24.5 Å². The SMILES string of the molecule is OCC1OC(n2cnc3c([SeH])ncnc32)C(O)C1O. The quantitative estimate of drug-likeness (QED) is 0.502. The number of rotatable bonds is 2. The Morgan fingerprint density at radius 2 is 2.05 bits per heavy atom. The van der Waals surface area contributed by atoms with Gasteiger partial charge in [-0.05, 0) is 0 Å². The van der Waals surface area contributed by atoms with Gasteiger partial charge in [0, 0.05) is 0 Å². The summed E-state index contributed by atoms with van der Waals surface area (Å²) < 4.78 is 7.62. The standard InChI is InChI=1S/C10H12N4O4Se/c15-1-4-6(16)7(17)10(18-4)14-3-13-5-8(14)11-2-12-9(5)19/h2-4,6-7,10,15-17H,1H2,(H,11,12,19). The number of aromatic nitrogens is 4. The Balaban J connectivity index is 2.04. The Morgan fingerprint density at radius 1 is 1.26 bits per heavy atom. The van der Waals surface area contributed by atoms with Crippen molar-refractivity contribution in [3.63, 3.8) is 0 Å². The number of ether oxygens (including phenoxy) is 1. The molecule has 4 atom stereocenters. The Hall–Kier alpha value is -1.09. The molecule has 3 N–H and O–H groups in total. The van der Waals surface area contributed by atoms with Crippen molar-refractivity contribution in [1.29, 1.82) is 0 Å². The Bertz CT molecular complexity index is 606. The van der Waals surface area contributed by atoms with Crippen molar-refractivity contribution in [3.8, 4) is 0 Å². The molecule has 0 aromatic carbocycles. The minimum absolute atomic E-state index is 0.369. The van der Waals surface area contributed by atoms with Crippen molar-refractivity contribution in [2.75, 3.05) is 6.61 Å². The van der Waals surface area contributed by atoms with E-state index in [1.54, 1.807) is 0 Å². The molecule has 0 aliphatic carbocycles. The molecule has 2 aromatic heterocycles. The molecule has 2 aromatic rings. The summed E-state index contributed by atoms with van der Waals surface area (Å²) in [5.41, 5.74) is 1.08. The molecule has 3 heterocycles. The monoisotopic (exact) mass is 332 g/mol. The fourth-order valence-electron chi connectivity index (χ4n) is 2.14. The number of fused-ring (bicyclic) bond motifs is 1. The van der Waals surface area contributed by atoms with Crippen molar-refractivity contribution in [2.45, 2.75) is 24.5 Å². The van der Waals surface area contributed by atoms with E-state index in [0.717, 1.165) is 0 Å². The fourth-order valence-corrected chi connectivity index (χ4v) is 2.57. The molecule has 1 saturated heterocycles. The summed E-state index contributed by atoms with van der Waals surface area (Å²) in [5.74, 6) is 0. The van der Waals surface area contributed by atoms with Gasteiger partial charge >= 0.3 is 115 Å². The van der Waals surface area contributed by atoms with Crippen LogP contribution in [0.1, 0.15) is 6.23 Å². The van der Waals surface area contributed by atoms with Crippen LogP contribution in [0.2, 0.25) is 0 Å². The van der Waals surface area contributed by atoms with Crippen LogP contribution in [0.15, 0.2) is 12.7 Å². The van der Waals surface area contributed by atoms with Gasteiger partial charge in [-0.2, -0.15) is 0 Å². The van der Waals surface area contributed by atoms with E-state index in [1.807, 2.05) is 0 Å². The molecule has 0 spiro atoms. The van der Waals surface area contributed by atoms with Crippen LogP contribution in [-0.4, -0.2) is 75.8 Å². The summed E-state index contributed by atoms with van der Waals surface area (Å²) >= 11 is 2.29. The van der Waals surface area contributed by atoms with Gasteiger partial charge in [0.15, 0.2) is 0 Å². The van der Waals surface area contributed by atoms with Crippen molar-refractivity contribution < 1.29 is 20.1 Å². The van der Waals surface area contributed by atoms with Crippen LogP contribution in [0.3, 0.4) is 0 Å². The predicted molar refractivity (Wildman–Crippen MR) is 65.1 cm³/mol. The van der Waals surface area contributed by atoms with Gasteiger partial charge in [0.2, 0.25) is 0 Å². The molecule has 1 fully saturated rings. The average molecular weight is 331 g/mol. The van der Waals surface area contributed by atoms with E-state index >= 15 is 0 Å². The van der Waals surface area contributed by atoms with Gasteiger partial charge in [0.1, 0.15) is 0 Å². The van der Waals surface area contributed by atoms with Gasteiger partial charge in [-0.15, -0.1) is 0 Å². The van der Waals surface area contributed by atoms with Gasteiger partial charge < -0.3 is 0 Å². The molecule has 19 heavy (non-hydrogen) atoms. The minimum atomic E-state index is -1.15. The third-order valence-electron chi connectivity index (χ3n) is 3.13. The second-order valence-corrected chi connectivity index (χ2v) is 5.14.